The lowest BCUT2D eigenvalue weighted by Crippen LogP contribution is -2.06. The predicted molar refractivity (Wildman–Crippen MR) is 79.6 cm³/mol. The van der Waals surface area contributed by atoms with Crippen LogP contribution in [0.3, 0.4) is 0 Å². The maximum atomic E-state index is 12.3. The van der Waals surface area contributed by atoms with E-state index in [1.54, 1.807) is 18.2 Å². The summed E-state index contributed by atoms with van der Waals surface area (Å²) in [6.45, 7) is 0. The van der Waals surface area contributed by atoms with Gasteiger partial charge in [0.25, 0.3) is 0 Å². The smallest absolute Gasteiger partial charge is 0.289 e. The van der Waals surface area contributed by atoms with Gasteiger partial charge in [0.15, 0.2) is 5.78 Å². The molecule has 0 heterocycles. The van der Waals surface area contributed by atoms with Crippen LogP contribution in [-0.4, -0.2) is 15.6 Å². The molecule has 0 unspecified atom stereocenters. The van der Waals surface area contributed by atoms with E-state index >= 15 is 0 Å². The quantitative estimate of drug-likeness (QED) is 0.474. The van der Waals surface area contributed by atoms with Crippen LogP contribution in [0.5, 0.6) is 0 Å². The van der Waals surface area contributed by atoms with Crippen LogP contribution in [0, 0.1) is 20.2 Å². The van der Waals surface area contributed by atoms with Crippen molar-refractivity contribution in [3.05, 3.63) is 77.8 Å². The summed E-state index contributed by atoms with van der Waals surface area (Å²) in [4.78, 5) is 32.3. The zero-order valence-corrected chi connectivity index (χ0v) is 12.2. The van der Waals surface area contributed by atoms with Crippen molar-refractivity contribution >= 4 is 40.4 Å². The fraction of sp³-hybridized carbons (Fsp3) is 0. The molecule has 2 rings (SSSR count). The maximum absolute atomic E-state index is 12.3. The van der Waals surface area contributed by atoms with Gasteiger partial charge in [-0.2, -0.15) is 0 Å². The molecule has 0 spiro atoms. The molecule has 0 atom stereocenters. The Morgan fingerprint density at radius 2 is 1.55 bits per heavy atom. The molecule has 0 saturated carbocycles. The molecule has 2 aromatic carbocycles. The number of hydrogen-bond donors (Lipinski definition) is 0. The summed E-state index contributed by atoms with van der Waals surface area (Å²) < 4.78 is 0. The van der Waals surface area contributed by atoms with Gasteiger partial charge in [0.1, 0.15) is 5.02 Å². The summed E-state index contributed by atoms with van der Waals surface area (Å²) in [5.74, 6) is -0.620. The van der Waals surface area contributed by atoms with E-state index < -0.39 is 37.0 Å². The Morgan fingerprint density at radius 1 is 0.955 bits per heavy atom. The normalized spacial score (nSPS) is 10.3. The third kappa shape index (κ3) is 2.76. The van der Waals surface area contributed by atoms with Gasteiger partial charge in [-0.05, 0) is 0 Å². The summed E-state index contributed by atoms with van der Waals surface area (Å²) in [5, 5.41) is 20.9. The highest BCUT2D eigenvalue weighted by molar-refractivity contribution is 6.46. The minimum Gasteiger partial charge on any atom is -0.289 e. The number of nitrogens with zero attached hydrogens (tertiary/aromatic N) is 2. The maximum Gasteiger partial charge on any atom is 0.365 e. The van der Waals surface area contributed by atoms with Crippen LogP contribution in [0.25, 0.3) is 0 Å². The molecule has 0 fully saturated rings. The van der Waals surface area contributed by atoms with Crippen molar-refractivity contribution in [1.29, 1.82) is 0 Å². The van der Waals surface area contributed by atoms with Crippen LogP contribution in [0.1, 0.15) is 15.9 Å². The number of carbonyl (C=O) groups excluding carboxylic acids is 1. The minimum absolute atomic E-state index is 0.226. The molecule has 0 aliphatic heterocycles. The van der Waals surface area contributed by atoms with Crippen LogP contribution >= 0.6 is 23.2 Å². The molecule has 7 nitrogen and oxygen atoms in total. The van der Waals surface area contributed by atoms with Crippen molar-refractivity contribution in [1.82, 2.24) is 0 Å². The van der Waals surface area contributed by atoms with Crippen molar-refractivity contribution in [2.45, 2.75) is 0 Å². The molecule has 0 saturated heterocycles. The standard InChI is InChI=1S/C13H6Cl2N2O5/c14-10-8(13(18)7-4-2-1-3-5-7)6-9(16(19)20)12(11(10)15)17(21)22/h1-6H. The lowest BCUT2D eigenvalue weighted by Gasteiger charge is -2.06. The van der Waals surface area contributed by atoms with Gasteiger partial charge in [-0.1, -0.05) is 53.5 Å². The van der Waals surface area contributed by atoms with Crippen molar-refractivity contribution in [3.63, 3.8) is 0 Å². The Hall–Kier alpha value is -2.51. The lowest BCUT2D eigenvalue weighted by molar-refractivity contribution is -0.422. The fourth-order valence-electron chi connectivity index (χ4n) is 1.83. The summed E-state index contributed by atoms with van der Waals surface area (Å²) >= 11 is 11.6. The zero-order chi connectivity index (χ0) is 16.4. The van der Waals surface area contributed by atoms with E-state index in [1.807, 2.05) is 0 Å². The number of nitro benzene ring substituents is 2. The monoisotopic (exact) mass is 340 g/mol. The Morgan fingerprint density at radius 3 is 2.05 bits per heavy atom. The first-order chi connectivity index (χ1) is 10.3. The molecule has 0 bridgehead atoms. The molecule has 0 aromatic heterocycles. The van der Waals surface area contributed by atoms with Gasteiger partial charge in [0.05, 0.1) is 20.4 Å². The van der Waals surface area contributed by atoms with E-state index in [1.165, 1.54) is 12.1 Å². The number of ketones is 1. The Bertz CT molecular complexity index is 793. The van der Waals surface area contributed by atoms with Crippen LogP contribution in [0.15, 0.2) is 36.4 Å². The molecule has 0 radical (unpaired) electrons. The molecule has 112 valence electrons. The van der Waals surface area contributed by atoms with Crippen molar-refractivity contribution in [2.75, 3.05) is 0 Å². The predicted octanol–water partition coefficient (Wildman–Crippen LogP) is 4.04. The summed E-state index contributed by atoms with van der Waals surface area (Å²) in [6, 6.07) is 8.62. The molecular weight excluding hydrogens is 335 g/mol. The van der Waals surface area contributed by atoms with Gasteiger partial charge in [-0.3, -0.25) is 25.0 Å². The molecule has 0 aliphatic carbocycles. The summed E-state index contributed by atoms with van der Waals surface area (Å²) in [7, 11) is 0. The highest BCUT2D eigenvalue weighted by Gasteiger charge is 2.33. The largest absolute Gasteiger partial charge is 0.365 e. The highest BCUT2D eigenvalue weighted by atomic mass is 35.5. The molecule has 22 heavy (non-hydrogen) atoms. The first-order valence-electron chi connectivity index (χ1n) is 5.75. The third-order valence-electron chi connectivity index (χ3n) is 2.82. The highest BCUT2D eigenvalue weighted by Crippen LogP contribution is 2.42. The van der Waals surface area contributed by atoms with Gasteiger partial charge in [0, 0.05) is 11.6 Å². The second kappa shape index (κ2) is 6.08. The van der Waals surface area contributed by atoms with Crippen molar-refractivity contribution in [2.24, 2.45) is 0 Å². The van der Waals surface area contributed by atoms with Crippen LogP contribution in [0.4, 0.5) is 11.4 Å². The Labute approximate surface area is 133 Å². The second-order valence-corrected chi connectivity index (χ2v) is 4.89. The molecule has 9 heteroatoms. The average molecular weight is 341 g/mol. The molecule has 2 aromatic rings. The fourth-order valence-corrected chi connectivity index (χ4v) is 2.32. The Kier molecular flexibility index (Phi) is 4.39. The number of halogens is 2. The number of rotatable bonds is 4. The molecule has 0 aliphatic rings. The van der Waals surface area contributed by atoms with Gasteiger partial charge in [-0.25, -0.2) is 0 Å². The number of benzene rings is 2. The van der Waals surface area contributed by atoms with Crippen LogP contribution in [0.2, 0.25) is 10.0 Å². The van der Waals surface area contributed by atoms with E-state index in [9.17, 15) is 25.0 Å². The summed E-state index contributed by atoms with van der Waals surface area (Å²) in [6.07, 6.45) is 0. The third-order valence-corrected chi connectivity index (χ3v) is 3.68. The minimum atomic E-state index is -1.01. The van der Waals surface area contributed by atoms with Crippen LogP contribution in [-0.2, 0) is 0 Å². The SMILES string of the molecule is O=C(c1ccccc1)c1cc([N+](=O)[O-])c([N+](=O)[O-])c(Cl)c1Cl. The average Bonchev–Trinajstić information content (AvgIpc) is 2.49. The molecule has 0 N–H and O–H groups in total. The van der Waals surface area contributed by atoms with Gasteiger partial charge >= 0.3 is 11.4 Å². The van der Waals surface area contributed by atoms with Crippen molar-refractivity contribution in [3.8, 4) is 0 Å². The zero-order valence-electron chi connectivity index (χ0n) is 10.7. The molecule has 0 amide bonds. The van der Waals surface area contributed by atoms with Crippen LogP contribution < -0.4 is 0 Å². The van der Waals surface area contributed by atoms with E-state index in [0.717, 1.165) is 6.07 Å². The Balaban J connectivity index is 2.71. The first-order valence-corrected chi connectivity index (χ1v) is 6.50. The lowest BCUT2D eigenvalue weighted by atomic mass is 10.0. The second-order valence-electron chi connectivity index (χ2n) is 4.13. The van der Waals surface area contributed by atoms with E-state index in [0.29, 0.717) is 0 Å². The van der Waals surface area contributed by atoms with E-state index in [4.69, 9.17) is 23.2 Å². The number of nitro groups is 2. The van der Waals surface area contributed by atoms with Gasteiger partial charge < -0.3 is 0 Å². The number of hydrogen-bond acceptors (Lipinski definition) is 5. The molecular formula is C13H6Cl2N2O5. The van der Waals surface area contributed by atoms with Gasteiger partial charge in [0.2, 0.25) is 0 Å². The number of carbonyl (C=O) groups is 1. The van der Waals surface area contributed by atoms with Gasteiger partial charge in [-0.15, -0.1) is 0 Å². The van der Waals surface area contributed by atoms with E-state index in [2.05, 4.69) is 0 Å². The van der Waals surface area contributed by atoms with E-state index in [-0.39, 0.29) is 11.1 Å². The topological polar surface area (TPSA) is 103 Å². The first kappa shape index (κ1) is 15.9. The summed E-state index contributed by atoms with van der Waals surface area (Å²) in [5.41, 5.74) is -1.88. The van der Waals surface area contributed by atoms with Crippen molar-refractivity contribution < 1.29 is 14.6 Å².